The van der Waals surface area contributed by atoms with Crippen molar-refractivity contribution in [3.8, 4) is 11.5 Å². The topological polar surface area (TPSA) is 63.9 Å². The number of fused-ring (bicyclic) bond motifs is 1. The van der Waals surface area contributed by atoms with Crippen molar-refractivity contribution in [1.29, 1.82) is 0 Å². The van der Waals surface area contributed by atoms with E-state index in [9.17, 15) is 5.11 Å². The normalized spacial score (nSPS) is 17.4. The molecule has 2 N–H and O–H groups in total. The van der Waals surface area contributed by atoms with Gasteiger partial charge in [-0.15, -0.1) is 0 Å². The zero-order valence-electron chi connectivity index (χ0n) is 14.7. The van der Waals surface area contributed by atoms with Crippen molar-refractivity contribution in [3.05, 3.63) is 46.9 Å². The van der Waals surface area contributed by atoms with Crippen LogP contribution in [0.3, 0.4) is 0 Å². The number of rotatable bonds is 5. The summed E-state index contributed by atoms with van der Waals surface area (Å²) in [6.07, 6.45) is 0. The van der Waals surface area contributed by atoms with Crippen LogP contribution in [0.5, 0.6) is 11.5 Å². The van der Waals surface area contributed by atoms with E-state index in [0.29, 0.717) is 19.8 Å². The highest BCUT2D eigenvalue weighted by Gasteiger charge is 2.28. The molecule has 1 aromatic heterocycles. The first kappa shape index (κ1) is 16.9. The Balaban J connectivity index is 1.68. The molecule has 0 saturated carbocycles. The third-order valence-corrected chi connectivity index (χ3v) is 4.44. The molecule has 2 heterocycles. The lowest BCUT2D eigenvalue weighted by atomic mass is 9.95. The van der Waals surface area contributed by atoms with Gasteiger partial charge in [-0.25, -0.2) is 0 Å². The molecule has 5 heteroatoms. The zero-order valence-corrected chi connectivity index (χ0v) is 14.7. The SMILES string of the molecule is Cc1cc(C(C)(O)CNC(C)c2ccc3c(c2)OCCO3)c(C)o1. The first-order valence-electron chi connectivity index (χ1n) is 8.29. The summed E-state index contributed by atoms with van der Waals surface area (Å²) < 4.78 is 16.7. The monoisotopic (exact) mass is 331 g/mol. The Labute approximate surface area is 142 Å². The summed E-state index contributed by atoms with van der Waals surface area (Å²) in [5, 5.41) is 14.2. The van der Waals surface area contributed by atoms with E-state index in [1.165, 1.54) is 0 Å². The van der Waals surface area contributed by atoms with Crippen molar-refractivity contribution >= 4 is 0 Å². The lowest BCUT2D eigenvalue weighted by Crippen LogP contribution is -2.36. The van der Waals surface area contributed by atoms with Crippen molar-refractivity contribution < 1.29 is 19.0 Å². The molecule has 0 fully saturated rings. The molecule has 2 unspecified atom stereocenters. The predicted molar refractivity (Wildman–Crippen MR) is 91.6 cm³/mol. The zero-order chi connectivity index (χ0) is 17.3. The summed E-state index contributed by atoms with van der Waals surface area (Å²) in [7, 11) is 0. The Kier molecular flexibility index (Phi) is 4.56. The van der Waals surface area contributed by atoms with E-state index in [0.717, 1.165) is 34.1 Å². The van der Waals surface area contributed by atoms with E-state index in [1.807, 2.05) is 38.1 Å². The van der Waals surface area contributed by atoms with E-state index in [2.05, 4.69) is 12.2 Å². The van der Waals surface area contributed by atoms with Crippen molar-refractivity contribution in [3.63, 3.8) is 0 Å². The van der Waals surface area contributed by atoms with E-state index in [-0.39, 0.29) is 6.04 Å². The standard InChI is InChI=1S/C19H25NO4/c1-12-9-16(14(3)24-12)19(4,21)11-20-13(2)15-5-6-17-18(10-15)23-8-7-22-17/h5-6,9-10,13,20-21H,7-8,11H2,1-4H3. The molecule has 1 aliphatic rings. The maximum absolute atomic E-state index is 10.8. The Morgan fingerprint density at radius 1 is 1.17 bits per heavy atom. The largest absolute Gasteiger partial charge is 0.486 e. The molecule has 2 aromatic rings. The van der Waals surface area contributed by atoms with Crippen molar-refractivity contribution in [2.24, 2.45) is 0 Å². The quantitative estimate of drug-likeness (QED) is 0.881. The van der Waals surface area contributed by atoms with Crippen LogP contribution in [0.2, 0.25) is 0 Å². The summed E-state index contributed by atoms with van der Waals surface area (Å²) in [6.45, 7) is 9.21. The van der Waals surface area contributed by atoms with Crippen molar-refractivity contribution in [2.45, 2.75) is 39.3 Å². The second-order valence-corrected chi connectivity index (χ2v) is 6.61. The lowest BCUT2D eigenvalue weighted by molar-refractivity contribution is 0.0529. The number of hydrogen-bond donors (Lipinski definition) is 2. The molecule has 130 valence electrons. The summed E-state index contributed by atoms with van der Waals surface area (Å²) >= 11 is 0. The van der Waals surface area contributed by atoms with Gasteiger partial charge in [0.2, 0.25) is 0 Å². The Bertz CT molecular complexity index is 720. The fourth-order valence-corrected chi connectivity index (χ4v) is 3.06. The summed E-state index contributed by atoms with van der Waals surface area (Å²) in [5.74, 6) is 3.13. The van der Waals surface area contributed by atoms with Gasteiger partial charge in [-0.05, 0) is 51.5 Å². The molecule has 1 aliphatic heterocycles. The molecule has 5 nitrogen and oxygen atoms in total. The second kappa shape index (κ2) is 6.49. The molecule has 0 amide bonds. The number of benzene rings is 1. The van der Waals surface area contributed by atoms with Gasteiger partial charge in [-0.1, -0.05) is 6.07 Å². The maximum atomic E-state index is 10.8. The molecule has 3 rings (SSSR count). The van der Waals surface area contributed by atoms with Crippen LogP contribution in [0.15, 0.2) is 28.7 Å². The number of hydrogen-bond acceptors (Lipinski definition) is 5. The predicted octanol–water partition coefficient (Wildman–Crippen LogP) is 3.23. The first-order valence-corrected chi connectivity index (χ1v) is 8.29. The van der Waals surface area contributed by atoms with Gasteiger partial charge in [0.1, 0.15) is 30.3 Å². The summed E-state index contributed by atoms with van der Waals surface area (Å²) in [4.78, 5) is 0. The van der Waals surface area contributed by atoms with Crippen LogP contribution in [-0.4, -0.2) is 24.9 Å². The van der Waals surface area contributed by atoms with Gasteiger partial charge in [0.05, 0.1) is 0 Å². The minimum absolute atomic E-state index is 0.0700. The Hall–Kier alpha value is -1.98. The van der Waals surface area contributed by atoms with E-state index in [1.54, 1.807) is 6.92 Å². The molecule has 24 heavy (non-hydrogen) atoms. The van der Waals surface area contributed by atoms with Gasteiger partial charge >= 0.3 is 0 Å². The number of nitrogens with one attached hydrogen (secondary N) is 1. The van der Waals surface area contributed by atoms with Gasteiger partial charge in [0.25, 0.3) is 0 Å². The van der Waals surface area contributed by atoms with Gasteiger partial charge in [-0.2, -0.15) is 0 Å². The fourth-order valence-electron chi connectivity index (χ4n) is 3.06. The maximum Gasteiger partial charge on any atom is 0.161 e. The third-order valence-electron chi connectivity index (χ3n) is 4.44. The molecular weight excluding hydrogens is 306 g/mol. The third kappa shape index (κ3) is 3.42. The van der Waals surface area contributed by atoms with Crippen LogP contribution < -0.4 is 14.8 Å². The highest BCUT2D eigenvalue weighted by atomic mass is 16.6. The minimum atomic E-state index is -0.996. The molecule has 0 aliphatic carbocycles. The van der Waals surface area contributed by atoms with Crippen LogP contribution in [0, 0.1) is 13.8 Å². The fraction of sp³-hybridized carbons (Fsp3) is 0.474. The molecule has 0 saturated heterocycles. The van der Waals surface area contributed by atoms with Crippen LogP contribution in [-0.2, 0) is 5.60 Å². The van der Waals surface area contributed by atoms with Gasteiger partial charge in [0.15, 0.2) is 11.5 Å². The number of furan rings is 1. The number of aryl methyl sites for hydroxylation is 2. The molecule has 0 bridgehead atoms. The van der Waals surface area contributed by atoms with Crippen LogP contribution in [0.1, 0.15) is 42.5 Å². The lowest BCUT2D eigenvalue weighted by Gasteiger charge is -2.26. The van der Waals surface area contributed by atoms with Gasteiger partial charge in [-0.3, -0.25) is 0 Å². The Morgan fingerprint density at radius 2 is 1.88 bits per heavy atom. The highest BCUT2D eigenvalue weighted by Crippen LogP contribution is 2.33. The molecule has 2 atom stereocenters. The molecule has 1 aromatic carbocycles. The molecule has 0 spiro atoms. The van der Waals surface area contributed by atoms with Crippen molar-refractivity contribution in [2.75, 3.05) is 19.8 Å². The second-order valence-electron chi connectivity index (χ2n) is 6.61. The van der Waals surface area contributed by atoms with Gasteiger partial charge < -0.3 is 24.3 Å². The van der Waals surface area contributed by atoms with Crippen LogP contribution in [0.25, 0.3) is 0 Å². The first-order chi connectivity index (χ1) is 11.4. The summed E-state index contributed by atoms with van der Waals surface area (Å²) in [6, 6.07) is 7.91. The van der Waals surface area contributed by atoms with Crippen LogP contribution >= 0.6 is 0 Å². The van der Waals surface area contributed by atoms with E-state index >= 15 is 0 Å². The molecule has 0 radical (unpaired) electrons. The Morgan fingerprint density at radius 3 is 2.54 bits per heavy atom. The average Bonchev–Trinajstić information content (AvgIpc) is 2.91. The highest BCUT2D eigenvalue weighted by molar-refractivity contribution is 5.44. The van der Waals surface area contributed by atoms with Gasteiger partial charge in [0, 0.05) is 18.2 Å². The molecular formula is C19H25NO4. The van der Waals surface area contributed by atoms with Crippen molar-refractivity contribution in [1.82, 2.24) is 5.32 Å². The van der Waals surface area contributed by atoms with E-state index in [4.69, 9.17) is 13.9 Å². The smallest absolute Gasteiger partial charge is 0.161 e. The average molecular weight is 331 g/mol. The number of aliphatic hydroxyl groups is 1. The van der Waals surface area contributed by atoms with E-state index < -0.39 is 5.60 Å². The minimum Gasteiger partial charge on any atom is -0.486 e. The van der Waals surface area contributed by atoms with Crippen LogP contribution in [0.4, 0.5) is 0 Å². The summed E-state index contributed by atoms with van der Waals surface area (Å²) in [5.41, 5.74) is 0.918. The number of ether oxygens (including phenoxy) is 2.